The summed E-state index contributed by atoms with van der Waals surface area (Å²) in [6.07, 6.45) is 23.2. The fourth-order valence-corrected chi connectivity index (χ4v) is 4.28. The lowest BCUT2D eigenvalue weighted by molar-refractivity contribution is 0.463. The molecule has 1 aromatic carbocycles. The zero-order chi connectivity index (χ0) is 20.5. The minimum absolute atomic E-state index is 0.549. The van der Waals surface area contributed by atoms with Crippen LogP contribution in [0.2, 0.25) is 0 Å². The standard InChI is InChI=1S/C27H48O/c1-4-7-10-12-13-14-15-18-21-26-25(20-17-11-8-5-2)24(19-16-9-6-3)22-23-27(26)28/h22-23,28H,4-21H2,1-3H3. The van der Waals surface area contributed by atoms with Crippen LogP contribution in [0.1, 0.15) is 134 Å². The van der Waals surface area contributed by atoms with Crippen LogP contribution in [0.4, 0.5) is 0 Å². The Morgan fingerprint density at radius 3 is 1.54 bits per heavy atom. The highest BCUT2D eigenvalue weighted by molar-refractivity contribution is 5.45. The second-order valence-corrected chi connectivity index (χ2v) is 8.69. The first-order valence-corrected chi connectivity index (χ1v) is 12.6. The Morgan fingerprint density at radius 1 is 0.500 bits per heavy atom. The lowest BCUT2D eigenvalue weighted by Gasteiger charge is -2.17. The van der Waals surface area contributed by atoms with Crippen molar-refractivity contribution >= 4 is 0 Å². The maximum atomic E-state index is 10.6. The van der Waals surface area contributed by atoms with E-state index in [2.05, 4.69) is 26.8 Å². The van der Waals surface area contributed by atoms with E-state index in [-0.39, 0.29) is 0 Å². The molecular formula is C27H48O. The quantitative estimate of drug-likeness (QED) is 0.249. The van der Waals surface area contributed by atoms with Gasteiger partial charge in [-0.2, -0.15) is 0 Å². The Balaban J connectivity index is 2.62. The number of hydrogen-bond acceptors (Lipinski definition) is 1. The predicted molar refractivity (Wildman–Crippen MR) is 125 cm³/mol. The van der Waals surface area contributed by atoms with Crippen LogP contribution in [0, 0.1) is 0 Å². The van der Waals surface area contributed by atoms with Gasteiger partial charge in [0.05, 0.1) is 0 Å². The molecule has 0 bridgehead atoms. The second-order valence-electron chi connectivity index (χ2n) is 8.69. The summed E-state index contributed by atoms with van der Waals surface area (Å²) < 4.78 is 0. The van der Waals surface area contributed by atoms with Crippen LogP contribution >= 0.6 is 0 Å². The van der Waals surface area contributed by atoms with Crippen molar-refractivity contribution in [1.29, 1.82) is 0 Å². The van der Waals surface area contributed by atoms with E-state index < -0.39 is 0 Å². The van der Waals surface area contributed by atoms with Gasteiger partial charge in [0.2, 0.25) is 0 Å². The Morgan fingerprint density at radius 2 is 0.929 bits per heavy atom. The predicted octanol–water partition coefficient (Wildman–Crippen LogP) is 8.93. The van der Waals surface area contributed by atoms with E-state index in [9.17, 15) is 5.11 Å². The Bertz CT molecular complexity index is 491. The van der Waals surface area contributed by atoms with Crippen molar-refractivity contribution in [3.8, 4) is 5.75 Å². The third kappa shape index (κ3) is 10.5. The first-order chi connectivity index (χ1) is 13.7. The summed E-state index contributed by atoms with van der Waals surface area (Å²) >= 11 is 0. The highest BCUT2D eigenvalue weighted by Gasteiger charge is 2.13. The monoisotopic (exact) mass is 388 g/mol. The summed E-state index contributed by atoms with van der Waals surface area (Å²) in [6, 6.07) is 4.17. The highest BCUT2D eigenvalue weighted by atomic mass is 16.3. The average Bonchev–Trinajstić information content (AvgIpc) is 2.70. The van der Waals surface area contributed by atoms with E-state index in [4.69, 9.17) is 0 Å². The van der Waals surface area contributed by atoms with Gasteiger partial charge in [0.15, 0.2) is 0 Å². The summed E-state index contributed by atoms with van der Waals surface area (Å²) in [5, 5.41) is 10.6. The number of rotatable bonds is 18. The van der Waals surface area contributed by atoms with Crippen LogP contribution in [0.5, 0.6) is 5.75 Å². The molecule has 0 heterocycles. The molecule has 0 saturated heterocycles. The molecule has 0 atom stereocenters. The molecular weight excluding hydrogens is 340 g/mol. The molecule has 1 N–H and O–H groups in total. The minimum Gasteiger partial charge on any atom is -0.508 e. The molecule has 0 amide bonds. The molecule has 1 rings (SSSR count). The maximum Gasteiger partial charge on any atom is 0.119 e. The smallest absolute Gasteiger partial charge is 0.119 e. The summed E-state index contributed by atoms with van der Waals surface area (Å²) in [6.45, 7) is 6.83. The van der Waals surface area contributed by atoms with Crippen LogP contribution in [0.15, 0.2) is 12.1 Å². The normalized spacial score (nSPS) is 11.2. The molecule has 162 valence electrons. The summed E-state index contributed by atoms with van der Waals surface area (Å²) in [5.41, 5.74) is 4.28. The number of phenols is 1. The van der Waals surface area contributed by atoms with Gasteiger partial charge < -0.3 is 5.11 Å². The van der Waals surface area contributed by atoms with E-state index in [1.54, 1.807) is 0 Å². The first kappa shape index (κ1) is 25.1. The molecule has 0 fully saturated rings. The van der Waals surface area contributed by atoms with Crippen molar-refractivity contribution in [1.82, 2.24) is 0 Å². The molecule has 28 heavy (non-hydrogen) atoms. The first-order valence-electron chi connectivity index (χ1n) is 12.6. The molecule has 0 unspecified atom stereocenters. The molecule has 0 aliphatic heterocycles. The van der Waals surface area contributed by atoms with E-state index in [1.165, 1.54) is 119 Å². The average molecular weight is 389 g/mol. The number of hydrogen-bond donors (Lipinski definition) is 1. The topological polar surface area (TPSA) is 20.2 Å². The molecule has 1 aromatic rings. The van der Waals surface area contributed by atoms with E-state index in [0.29, 0.717) is 5.75 Å². The molecule has 0 saturated carbocycles. The van der Waals surface area contributed by atoms with Gasteiger partial charge in [-0.1, -0.05) is 104 Å². The fraction of sp³-hybridized carbons (Fsp3) is 0.778. The summed E-state index contributed by atoms with van der Waals surface area (Å²) in [4.78, 5) is 0. The van der Waals surface area contributed by atoms with Crippen molar-refractivity contribution in [2.45, 2.75) is 136 Å². The molecule has 0 aliphatic rings. The highest BCUT2D eigenvalue weighted by Crippen LogP contribution is 2.29. The third-order valence-electron chi connectivity index (χ3n) is 6.11. The molecule has 1 nitrogen and oxygen atoms in total. The fourth-order valence-electron chi connectivity index (χ4n) is 4.28. The second kappa shape index (κ2) is 16.9. The lowest BCUT2D eigenvalue weighted by atomic mass is 9.89. The van der Waals surface area contributed by atoms with Gasteiger partial charge in [0.1, 0.15) is 5.75 Å². The minimum atomic E-state index is 0.549. The molecule has 1 heteroatoms. The summed E-state index contributed by atoms with van der Waals surface area (Å²) in [5.74, 6) is 0.549. The van der Waals surface area contributed by atoms with Gasteiger partial charge in [0.25, 0.3) is 0 Å². The van der Waals surface area contributed by atoms with Crippen LogP contribution in [-0.4, -0.2) is 5.11 Å². The van der Waals surface area contributed by atoms with Crippen LogP contribution in [0.25, 0.3) is 0 Å². The third-order valence-corrected chi connectivity index (χ3v) is 6.11. The summed E-state index contributed by atoms with van der Waals surface area (Å²) in [7, 11) is 0. The van der Waals surface area contributed by atoms with E-state index in [0.717, 1.165) is 12.8 Å². The van der Waals surface area contributed by atoms with Crippen molar-refractivity contribution in [2.24, 2.45) is 0 Å². The van der Waals surface area contributed by atoms with Crippen molar-refractivity contribution < 1.29 is 5.11 Å². The Hall–Kier alpha value is -0.980. The van der Waals surface area contributed by atoms with E-state index >= 15 is 0 Å². The molecule has 0 aliphatic carbocycles. The Labute approximate surface area is 176 Å². The largest absolute Gasteiger partial charge is 0.508 e. The molecule has 0 spiro atoms. The van der Waals surface area contributed by atoms with Crippen LogP contribution < -0.4 is 0 Å². The van der Waals surface area contributed by atoms with Crippen molar-refractivity contribution in [2.75, 3.05) is 0 Å². The van der Waals surface area contributed by atoms with Crippen LogP contribution in [-0.2, 0) is 19.3 Å². The van der Waals surface area contributed by atoms with Gasteiger partial charge in [0, 0.05) is 0 Å². The number of benzene rings is 1. The SMILES string of the molecule is CCCCCCCCCCc1c(O)ccc(CCCCC)c1CCCCCC. The van der Waals surface area contributed by atoms with Gasteiger partial charge >= 0.3 is 0 Å². The van der Waals surface area contributed by atoms with Gasteiger partial charge in [-0.25, -0.2) is 0 Å². The number of unbranched alkanes of at least 4 members (excludes halogenated alkanes) is 12. The van der Waals surface area contributed by atoms with Gasteiger partial charge in [-0.3, -0.25) is 0 Å². The lowest BCUT2D eigenvalue weighted by Crippen LogP contribution is -2.02. The van der Waals surface area contributed by atoms with E-state index in [1.807, 2.05) is 6.07 Å². The number of phenolic OH excluding ortho intramolecular Hbond substituents is 1. The van der Waals surface area contributed by atoms with Crippen molar-refractivity contribution in [3.63, 3.8) is 0 Å². The zero-order valence-electron chi connectivity index (χ0n) is 19.3. The van der Waals surface area contributed by atoms with Gasteiger partial charge in [-0.15, -0.1) is 0 Å². The molecule has 0 aromatic heterocycles. The van der Waals surface area contributed by atoms with Gasteiger partial charge in [-0.05, 0) is 61.3 Å². The molecule has 0 radical (unpaired) electrons. The Kier molecular flexibility index (Phi) is 15.1. The van der Waals surface area contributed by atoms with Crippen molar-refractivity contribution in [3.05, 3.63) is 28.8 Å². The zero-order valence-corrected chi connectivity index (χ0v) is 19.3. The maximum absolute atomic E-state index is 10.6. The number of aromatic hydroxyl groups is 1. The van der Waals surface area contributed by atoms with Crippen LogP contribution in [0.3, 0.4) is 0 Å². The number of aryl methyl sites for hydroxylation is 1.